The molecule has 2 aromatic carbocycles. The molecule has 5 rings (SSSR count). The molecular weight excluding hydrogens is 583 g/mol. The molecular formula is C30H32F3N5O6. The van der Waals surface area contributed by atoms with Crippen LogP contribution in [0.3, 0.4) is 0 Å². The summed E-state index contributed by atoms with van der Waals surface area (Å²) in [7, 11) is 2.91. The predicted octanol–water partition coefficient (Wildman–Crippen LogP) is 4.17. The van der Waals surface area contributed by atoms with Crippen LogP contribution < -0.4 is 30.1 Å². The Morgan fingerprint density at radius 2 is 1.77 bits per heavy atom. The van der Waals surface area contributed by atoms with Gasteiger partial charge in [0.25, 0.3) is 5.56 Å². The third-order valence-electron chi connectivity index (χ3n) is 7.61. The molecule has 2 aliphatic heterocycles. The minimum atomic E-state index is -4.84. The van der Waals surface area contributed by atoms with Gasteiger partial charge in [0.1, 0.15) is 17.2 Å². The van der Waals surface area contributed by atoms with Gasteiger partial charge in [-0.25, -0.2) is 4.79 Å². The quantitative estimate of drug-likeness (QED) is 0.421. The highest BCUT2D eigenvalue weighted by Gasteiger charge is 2.38. The number of methoxy groups -OCH3 is 2. The smallest absolute Gasteiger partial charge is 0.418 e. The van der Waals surface area contributed by atoms with Crippen molar-refractivity contribution in [3.8, 4) is 28.4 Å². The summed E-state index contributed by atoms with van der Waals surface area (Å²) in [6.45, 7) is 3.99. The van der Waals surface area contributed by atoms with Crippen LogP contribution in [0, 0.1) is 0 Å². The number of aromatic nitrogens is 2. The van der Waals surface area contributed by atoms with Gasteiger partial charge in [-0.1, -0.05) is 0 Å². The van der Waals surface area contributed by atoms with Crippen molar-refractivity contribution in [2.45, 2.75) is 38.9 Å². The Labute approximate surface area is 251 Å². The Bertz CT molecular complexity index is 1640. The number of benzene rings is 2. The third-order valence-corrected chi connectivity index (χ3v) is 7.61. The molecule has 0 unspecified atom stereocenters. The fourth-order valence-corrected chi connectivity index (χ4v) is 5.65. The van der Waals surface area contributed by atoms with E-state index in [1.807, 2.05) is 4.90 Å². The van der Waals surface area contributed by atoms with Crippen LogP contribution in [0.5, 0.6) is 11.5 Å². The first-order valence-corrected chi connectivity index (χ1v) is 14.0. The molecule has 3 heterocycles. The topological polar surface area (TPSA) is 115 Å². The summed E-state index contributed by atoms with van der Waals surface area (Å²) in [5.74, 6) is 0.592. The van der Waals surface area contributed by atoms with E-state index in [0.29, 0.717) is 52.5 Å². The lowest BCUT2D eigenvalue weighted by atomic mass is 10.0. The number of fused-ring (bicyclic) bond motifs is 1. The fourth-order valence-electron chi connectivity index (χ4n) is 5.65. The standard InChI is InChI=1S/C30H32F3N5O6/c1-5-44-29(41)37-11-9-23-26(18-12-21(42-3)15-22(13-18)43-4)35-38(28(40)27(23)37)25-14-20(6-7-24(25)30(31,32)33)36-10-8-19(16-36)34-17(2)39/h6-7,12-15,19H,5,8-11,16H2,1-4H3,(H,34,39)/t19-/m0/s1. The number of hydrogen-bond acceptors (Lipinski definition) is 8. The fraction of sp³-hybridized carbons (Fsp3) is 0.400. The molecule has 0 radical (unpaired) electrons. The van der Waals surface area contributed by atoms with Gasteiger partial charge in [-0.05, 0) is 50.1 Å². The van der Waals surface area contributed by atoms with Gasteiger partial charge >= 0.3 is 12.3 Å². The van der Waals surface area contributed by atoms with E-state index in [-0.39, 0.29) is 42.9 Å². The number of anilines is 2. The molecule has 44 heavy (non-hydrogen) atoms. The van der Waals surface area contributed by atoms with Gasteiger partial charge in [0, 0.05) is 55.5 Å². The average Bonchev–Trinajstić information content (AvgIpc) is 3.64. The maximum Gasteiger partial charge on any atom is 0.418 e. The van der Waals surface area contributed by atoms with Crippen LogP contribution in [0.2, 0.25) is 0 Å². The number of ether oxygens (including phenoxy) is 3. The summed E-state index contributed by atoms with van der Waals surface area (Å²) >= 11 is 0. The minimum absolute atomic E-state index is 0.0411. The molecule has 1 atom stereocenters. The largest absolute Gasteiger partial charge is 0.497 e. The van der Waals surface area contributed by atoms with Crippen LogP contribution in [0.25, 0.3) is 16.9 Å². The molecule has 1 N–H and O–H groups in total. The van der Waals surface area contributed by atoms with Crippen LogP contribution >= 0.6 is 0 Å². The maximum absolute atomic E-state index is 14.5. The monoisotopic (exact) mass is 615 g/mol. The number of rotatable bonds is 7. The summed E-state index contributed by atoms with van der Waals surface area (Å²) in [6.07, 6.45) is -4.81. The molecule has 1 fully saturated rings. The van der Waals surface area contributed by atoms with Gasteiger partial charge in [-0.15, -0.1) is 0 Å². The van der Waals surface area contributed by atoms with Gasteiger partial charge in [-0.2, -0.15) is 23.0 Å². The Morgan fingerprint density at radius 1 is 1.07 bits per heavy atom. The van der Waals surface area contributed by atoms with Crippen molar-refractivity contribution in [2.75, 3.05) is 50.3 Å². The molecule has 0 spiro atoms. The lowest BCUT2D eigenvalue weighted by Crippen LogP contribution is -2.36. The molecule has 2 amide bonds. The van der Waals surface area contributed by atoms with Crippen LogP contribution in [0.15, 0.2) is 41.2 Å². The number of alkyl halides is 3. The maximum atomic E-state index is 14.5. The molecule has 2 aliphatic rings. The summed E-state index contributed by atoms with van der Waals surface area (Å²) in [6, 6.07) is 8.21. The molecule has 3 aromatic rings. The molecule has 0 bridgehead atoms. The first-order valence-electron chi connectivity index (χ1n) is 14.0. The predicted molar refractivity (Wildman–Crippen MR) is 156 cm³/mol. The molecule has 11 nitrogen and oxygen atoms in total. The number of nitrogens with one attached hydrogen (secondary N) is 1. The number of hydrogen-bond donors (Lipinski definition) is 1. The van der Waals surface area contributed by atoms with E-state index < -0.39 is 29.1 Å². The van der Waals surface area contributed by atoms with E-state index >= 15 is 0 Å². The van der Waals surface area contributed by atoms with Crippen molar-refractivity contribution >= 4 is 23.4 Å². The van der Waals surface area contributed by atoms with E-state index in [0.717, 1.165) is 11.0 Å². The summed E-state index contributed by atoms with van der Waals surface area (Å²) in [5.41, 5.74) is -1.18. The van der Waals surface area contributed by atoms with E-state index in [1.165, 1.54) is 33.3 Å². The second-order valence-corrected chi connectivity index (χ2v) is 10.4. The van der Waals surface area contributed by atoms with E-state index in [1.54, 1.807) is 25.1 Å². The van der Waals surface area contributed by atoms with Gasteiger partial charge in [0.15, 0.2) is 0 Å². The number of halogens is 3. The number of nitrogens with zero attached hydrogens (tertiary/aromatic N) is 4. The second kappa shape index (κ2) is 12.1. The molecule has 0 aliphatic carbocycles. The Balaban J connectivity index is 1.75. The summed E-state index contributed by atoms with van der Waals surface area (Å²) in [5, 5.41) is 7.34. The Kier molecular flexibility index (Phi) is 8.44. The van der Waals surface area contributed by atoms with Gasteiger partial charge in [0.2, 0.25) is 5.91 Å². The van der Waals surface area contributed by atoms with Gasteiger partial charge in [-0.3, -0.25) is 14.5 Å². The number of carbonyl (C=O) groups is 2. The van der Waals surface area contributed by atoms with Crippen molar-refractivity contribution in [3.05, 3.63) is 57.9 Å². The van der Waals surface area contributed by atoms with Crippen molar-refractivity contribution in [1.82, 2.24) is 15.1 Å². The Hall–Kier alpha value is -4.75. The minimum Gasteiger partial charge on any atom is -0.497 e. The molecule has 1 aromatic heterocycles. The number of carbonyl (C=O) groups excluding carboxylic acids is 2. The van der Waals surface area contributed by atoms with Crippen LogP contribution in [-0.2, 0) is 22.1 Å². The zero-order valence-corrected chi connectivity index (χ0v) is 24.7. The lowest BCUT2D eigenvalue weighted by molar-refractivity contribution is -0.137. The highest BCUT2D eigenvalue weighted by molar-refractivity contribution is 5.92. The Morgan fingerprint density at radius 3 is 2.39 bits per heavy atom. The normalized spacial score (nSPS) is 16.1. The molecule has 0 saturated carbocycles. The first-order chi connectivity index (χ1) is 20.9. The summed E-state index contributed by atoms with van der Waals surface area (Å²) in [4.78, 5) is 41.5. The number of amides is 2. The van der Waals surface area contributed by atoms with E-state index in [4.69, 9.17) is 14.2 Å². The highest BCUT2D eigenvalue weighted by Crippen LogP contribution is 2.39. The van der Waals surface area contributed by atoms with E-state index in [9.17, 15) is 27.6 Å². The molecule has 1 saturated heterocycles. The van der Waals surface area contributed by atoms with E-state index in [2.05, 4.69) is 10.4 Å². The van der Waals surface area contributed by atoms with Crippen molar-refractivity contribution < 1.29 is 37.0 Å². The van der Waals surface area contributed by atoms with Crippen LogP contribution in [0.4, 0.5) is 29.3 Å². The van der Waals surface area contributed by atoms with Crippen molar-refractivity contribution in [2.24, 2.45) is 0 Å². The zero-order chi connectivity index (χ0) is 31.8. The van der Waals surface area contributed by atoms with Crippen LogP contribution in [0.1, 0.15) is 31.4 Å². The zero-order valence-electron chi connectivity index (χ0n) is 24.7. The van der Waals surface area contributed by atoms with Gasteiger partial charge in [0.05, 0.1) is 37.8 Å². The average molecular weight is 616 g/mol. The first kappa shape index (κ1) is 30.7. The van der Waals surface area contributed by atoms with Crippen molar-refractivity contribution in [1.29, 1.82) is 0 Å². The van der Waals surface area contributed by atoms with Crippen LogP contribution in [-0.4, -0.2) is 68.3 Å². The lowest BCUT2D eigenvalue weighted by Gasteiger charge is -2.23. The summed E-state index contributed by atoms with van der Waals surface area (Å²) < 4.78 is 60.0. The van der Waals surface area contributed by atoms with Crippen molar-refractivity contribution in [3.63, 3.8) is 0 Å². The third kappa shape index (κ3) is 5.88. The second-order valence-electron chi connectivity index (χ2n) is 10.4. The molecule has 234 valence electrons. The highest BCUT2D eigenvalue weighted by atomic mass is 19.4. The van der Waals surface area contributed by atoms with Gasteiger partial charge < -0.3 is 24.4 Å². The SMILES string of the molecule is CCOC(=O)N1CCc2c(-c3cc(OC)cc(OC)c3)nn(-c3cc(N4CC[C@H](NC(C)=O)C4)ccc3C(F)(F)F)c(=O)c21. The molecule has 14 heteroatoms.